The molecule has 3 heteroatoms. The Morgan fingerprint density at radius 1 is 0.632 bits per heavy atom. The second-order valence-corrected chi connectivity index (χ2v) is 15.9. The fourth-order valence-corrected chi connectivity index (χ4v) is 10.5. The normalized spacial score (nSPS) is 18.5. The van der Waals surface area contributed by atoms with Crippen LogP contribution in [0, 0.1) is 0 Å². The molecule has 2 unspecified atom stereocenters. The zero-order valence-corrected chi connectivity index (χ0v) is 31.9. The summed E-state index contributed by atoms with van der Waals surface area (Å²) >= 11 is 0. The Hall–Kier alpha value is -6.84. The van der Waals surface area contributed by atoms with Gasteiger partial charge in [-0.2, -0.15) is 0 Å². The number of hydrogen-bond donors (Lipinski definition) is 0. The van der Waals surface area contributed by atoms with Crippen molar-refractivity contribution in [3.63, 3.8) is 0 Å². The van der Waals surface area contributed by atoms with Gasteiger partial charge in [0.25, 0.3) is 0 Å². The van der Waals surface area contributed by atoms with Crippen molar-refractivity contribution in [3.05, 3.63) is 215 Å². The van der Waals surface area contributed by atoms with Crippen LogP contribution in [0.3, 0.4) is 0 Å². The molecule has 1 aliphatic heterocycles. The van der Waals surface area contributed by atoms with E-state index in [2.05, 4.69) is 189 Å². The highest BCUT2D eigenvalue weighted by atomic mass is 16.6. The maximum absolute atomic E-state index is 6.96. The lowest BCUT2D eigenvalue weighted by Crippen LogP contribution is -2.27. The van der Waals surface area contributed by atoms with Gasteiger partial charge in [0.15, 0.2) is 23.0 Å². The minimum Gasteiger partial charge on any atom is -0.449 e. The van der Waals surface area contributed by atoms with E-state index in [1.807, 2.05) is 0 Å². The largest absolute Gasteiger partial charge is 0.449 e. The van der Waals surface area contributed by atoms with Gasteiger partial charge in [-0.05, 0) is 124 Å². The van der Waals surface area contributed by atoms with Crippen LogP contribution in [0.25, 0.3) is 33.4 Å². The van der Waals surface area contributed by atoms with Crippen LogP contribution in [0.5, 0.6) is 23.0 Å². The zero-order chi connectivity index (χ0) is 37.8. The van der Waals surface area contributed by atoms with Crippen LogP contribution >= 0.6 is 0 Å². The Kier molecular flexibility index (Phi) is 6.87. The molecule has 272 valence electrons. The molecular formula is C54H39NO2. The summed E-state index contributed by atoms with van der Waals surface area (Å²) in [5, 5.41) is 0. The molecule has 5 aliphatic rings. The van der Waals surface area contributed by atoms with E-state index in [1.54, 1.807) is 0 Å². The van der Waals surface area contributed by atoms with Gasteiger partial charge < -0.3 is 14.4 Å². The molecule has 7 aromatic rings. The second-order valence-electron chi connectivity index (χ2n) is 15.9. The van der Waals surface area contributed by atoms with Crippen LogP contribution in [0.1, 0.15) is 59.6 Å². The first-order valence-electron chi connectivity index (χ1n) is 20.1. The SMILES string of the molecule is C/C=C(\C)N(c1ccc(-c2ccc3c(c2)Cc2ccccc2-3)cc1)c1ccc2c(c1)Oc1ccc3c(c1O2)-c1ccccc1C31C2=CC=CCC2c2ccccc21. The summed E-state index contributed by atoms with van der Waals surface area (Å²) in [4.78, 5) is 2.28. The highest BCUT2D eigenvalue weighted by molar-refractivity contribution is 5.93. The Bertz CT molecular complexity index is 2950. The van der Waals surface area contributed by atoms with Gasteiger partial charge >= 0.3 is 0 Å². The number of rotatable bonds is 4. The summed E-state index contributed by atoms with van der Waals surface area (Å²) in [5.74, 6) is 3.31. The van der Waals surface area contributed by atoms with E-state index in [0.29, 0.717) is 11.7 Å². The average Bonchev–Trinajstić information content (AvgIpc) is 3.90. The van der Waals surface area contributed by atoms with Crippen LogP contribution in [0.15, 0.2) is 181 Å². The van der Waals surface area contributed by atoms with E-state index < -0.39 is 0 Å². The highest BCUT2D eigenvalue weighted by Gasteiger charge is 2.56. The van der Waals surface area contributed by atoms with Crippen molar-refractivity contribution >= 4 is 11.4 Å². The maximum atomic E-state index is 6.96. The molecule has 1 spiro atoms. The highest BCUT2D eigenvalue weighted by Crippen LogP contribution is 2.68. The Morgan fingerprint density at radius 3 is 2.25 bits per heavy atom. The third-order valence-corrected chi connectivity index (χ3v) is 13.1. The van der Waals surface area contributed by atoms with Crippen LogP contribution in [0.2, 0.25) is 0 Å². The summed E-state index contributed by atoms with van der Waals surface area (Å²) in [6.45, 7) is 4.24. The van der Waals surface area contributed by atoms with E-state index >= 15 is 0 Å². The van der Waals surface area contributed by atoms with Crippen molar-refractivity contribution in [1.29, 1.82) is 0 Å². The van der Waals surface area contributed by atoms with Crippen molar-refractivity contribution in [3.8, 4) is 56.4 Å². The predicted molar refractivity (Wildman–Crippen MR) is 231 cm³/mol. The number of nitrogens with zero attached hydrogens (tertiary/aromatic N) is 1. The summed E-state index contributed by atoms with van der Waals surface area (Å²) in [6, 6.07) is 53.2. The summed E-state index contributed by atoms with van der Waals surface area (Å²) in [5.41, 5.74) is 20.0. The van der Waals surface area contributed by atoms with Crippen LogP contribution in [-0.4, -0.2) is 0 Å². The number of ether oxygens (including phenoxy) is 2. The molecule has 0 saturated carbocycles. The average molecular weight is 734 g/mol. The molecule has 0 aromatic heterocycles. The van der Waals surface area contributed by atoms with Gasteiger partial charge in [0.05, 0.1) is 5.41 Å². The molecule has 0 amide bonds. The van der Waals surface area contributed by atoms with E-state index in [9.17, 15) is 0 Å². The molecule has 0 radical (unpaired) electrons. The minimum atomic E-state index is -0.368. The Morgan fingerprint density at radius 2 is 1.37 bits per heavy atom. The third-order valence-electron chi connectivity index (χ3n) is 13.1. The van der Waals surface area contributed by atoms with Crippen molar-refractivity contribution < 1.29 is 9.47 Å². The van der Waals surface area contributed by atoms with Gasteiger partial charge in [-0.1, -0.05) is 133 Å². The van der Waals surface area contributed by atoms with E-state index in [0.717, 1.165) is 52.7 Å². The summed E-state index contributed by atoms with van der Waals surface area (Å²) < 4.78 is 13.8. The van der Waals surface area contributed by atoms with Crippen LogP contribution in [0.4, 0.5) is 11.4 Å². The molecule has 2 atom stereocenters. The fourth-order valence-electron chi connectivity index (χ4n) is 10.5. The number of hydrogen-bond acceptors (Lipinski definition) is 3. The van der Waals surface area contributed by atoms with Crippen molar-refractivity contribution in [2.45, 2.75) is 38.0 Å². The number of benzene rings is 7. The van der Waals surface area contributed by atoms with Gasteiger partial charge in [-0.15, -0.1) is 0 Å². The Balaban J connectivity index is 0.900. The predicted octanol–water partition coefficient (Wildman–Crippen LogP) is 14.2. The molecule has 12 rings (SSSR count). The maximum Gasteiger partial charge on any atom is 0.178 e. The van der Waals surface area contributed by atoms with Gasteiger partial charge in [-0.25, -0.2) is 0 Å². The number of allylic oxidation sites excluding steroid dienone is 6. The zero-order valence-electron chi connectivity index (χ0n) is 31.9. The van der Waals surface area contributed by atoms with Crippen LogP contribution < -0.4 is 14.4 Å². The van der Waals surface area contributed by atoms with E-state index in [1.165, 1.54) is 66.8 Å². The number of anilines is 2. The van der Waals surface area contributed by atoms with Crippen LogP contribution in [-0.2, 0) is 11.8 Å². The molecule has 7 aromatic carbocycles. The van der Waals surface area contributed by atoms with Gasteiger partial charge in [0.2, 0.25) is 0 Å². The second kappa shape index (κ2) is 12.1. The number of fused-ring (bicyclic) bond motifs is 16. The third kappa shape index (κ3) is 4.48. The van der Waals surface area contributed by atoms with Crippen molar-refractivity contribution in [1.82, 2.24) is 0 Å². The smallest absolute Gasteiger partial charge is 0.178 e. The summed E-state index contributed by atoms with van der Waals surface area (Å²) in [7, 11) is 0. The molecule has 0 saturated heterocycles. The lowest BCUT2D eigenvalue weighted by molar-refractivity contribution is 0.360. The topological polar surface area (TPSA) is 21.7 Å². The van der Waals surface area contributed by atoms with E-state index in [-0.39, 0.29) is 5.41 Å². The first-order chi connectivity index (χ1) is 28.1. The molecule has 0 fully saturated rings. The molecule has 0 bridgehead atoms. The molecular weight excluding hydrogens is 695 g/mol. The lowest BCUT2D eigenvalue weighted by Gasteiger charge is -2.33. The van der Waals surface area contributed by atoms with Gasteiger partial charge in [0, 0.05) is 34.6 Å². The van der Waals surface area contributed by atoms with Crippen molar-refractivity contribution in [2.24, 2.45) is 0 Å². The molecule has 0 N–H and O–H groups in total. The molecule has 4 aliphatic carbocycles. The standard InChI is InChI=1S/C54H39NO2/c1-3-33(2)55(38-23-20-34(21-24-38)35-22-26-41-37(30-35)31-36-12-4-5-13-40(36)41)39-25-28-49-51(32-39)56-50-29-27-48-52(53(50)57-49)44-16-8-11-19-47(44)54(48)45-17-9-6-14-42(45)43-15-7-10-18-46(43)54/h3-14,16-30,32,43H,15,31H2,1-2H3/b33-3+. The van der Waals surface area contributed by atoms with Gasteiger partial charge in [-0.3, -0.25) is 0 Å². The fraction of sp³-hybridized carbons (Fsp3) is 0.111. The van der Waals surface area contributed by atoms with E-state index in [4.69, 9.17) is 9.47 Å². The molecule has 1 heterocycles. The molecule has 57 heavy (non-hydrogen) atoms. The first-order valence-corrected chi connectivity index (χ1v) is 20.1. The lowest BCUT2D eigenvalue weighted by atomic mass is 9.69. The quantitative estimate of drug-likeness (QED) is 0.180. The Labute approximate surface area is 333 Å². The minimum absolute atomic E-state index is 0.356. The summed E-state index contributed by atoms with van der Waals surface area (Å²) in [6.07, 6.45) is 11.1. The van der Waals surface area contributed by atoms with Gasteiger partial charge in [0.1, 0.15) is 0 Å². The molecule has 3 nitrogen and oxygen atoms in total. The van der Waals surface area contributed by atoms with Crippen molar-refractivity contribution in [2.75, 3.05) is 4.90 Å². The first kappa shape index (κ1) is 32.4. The monoisotopic (exact) mass is 733 g/mol.